The van der Waals surface area contributed by atoms with E-state index in [4.69, 9.17) is 0 Å². The molecule has 1 aliphatic rings. The van der Waals surface area contributed by atoms with Crippen molar-refractivity contribution in [1.82, 2.24) is 4.57 Å². The Morgan fingerprint density at radius 3 is 2.19 bits per heavy atom. The van der Waals surface area contributed by atoms with Crippen molar-refractivity contribution in [1.29, 1.82) is 0 Å². The van der Waals surface area contributed by atoms with E-state index in [0.717, 1.165) is 0 Å². The quantitative estimate of drug-likeness (QED) is 0.678. The van der Waals surface area contributed by atoms with Crippen LogP contribution in [0, 0.1) is 0 Å². The number of imide groups is 1. The molecule has 2 amide bonds. The predicted molar refractivity (Wildman–Crippen MR) is 61.2 cm³/mol. The standard InChI is InChI=1S/C12H16N2O2/c1-12(2,3)13-8-4-5-9(13)14-10(15)6-7-11(14)16/h4-5,8H,6-7H2,1-3H3. The van der Waals surface area contributed by atoms with Gasteiger partial charge < -0.3 is 4.57 Å². The third kappa shape index (κ3) is 1.64. The molecule has 0 aliphatic carbocycles. The lowest BCUT2D eigenvalue weighted by atomic mass is 10.1. The second kappa shape index (κ2) is 3.47. The van der Waals surface area contributed by atoms with Crippen LogP contribution in [0.4, 0.5) is 5.82 Å². The van der Waals surface area contributed by atoms with Crippen LogP contribution in [0.3, 0.4) is 0 Å². The van der Waals surface area contributed by atoms with E-state index >= 15 is 0 Å². The van der Waals surface area contributed by atoms with E-state index in [1.165, 1.54) is 4.90 Å². The molecule has 0 saturated carbocycles. The van der Waals surface area contributed by atoms with Crippen molar-refractivity contribution in [2.75, 3.05) is 4.90 Å². The second-order valence-corrected chi connectivity index (χ2v) is 5.03. The number of hydrogen-bond donors (Lipinski definition) is 0. The molecule has 2 heterocycles. The SMILES string of the molecule is CC(C)(C)n1cccc1N1C(=O)CCC1=O. The fraction of sp³-hybridized carbons (Fsp3) is 0.500. The highest BCUT2D eigenvalue weighted by atomic mass is 16.2. The fourth-order valence-electron chi connectivity index (χ4n) is 1.95. The Balaban J connectivity index is 2.45. The van der Waals surface area contributed by atoms with Gasteiger partial charge in [-0.15, -0.1) is 0 Å². The Labute approximate surface area is 94.8 Å². The maximum absolute atomic E-state index is 11.7. The first-order chi connectivity index (χ1) is 7.41. The summed E-state index contributed by atoms with van der Waals surface area (Å²) >= 11 is 0. The molecule has 4 nitrogen and oxygen atoms in total. The molecule has 0 radical (unpaired) electrons. The van der Waals surface area contributed by atoms with Gasteiger partial charge >= 0.3 is 0 Å². The van der Waals surface area contributed by atoms with Crippen LogP contribution in [-0.2, 0) is 15.1 Å². The van der Waals surface area contributed by atoms with Crippen molar-refractivity contribution in [3.8, 4) is 0 Å². The lowest BCUT2D eigenvalue weighted by Gasteiger charge is -2.27. The van der Waals surface area contributed by atoms with Crippen molar-refractivity contribution in [2.45, 2.75) is 39.2 Å². The Hall–Kier alpha value is -1.58. The average Bonchev–Trinajstić information content (AvgIpc) is 2.72. The molecule has 16 heavy (non-hydrogen) atoms. The molecule has 0 spiro atoms. The van der Waals surface area contributed by atoms with Gasteiger partial charge in [-0.3, -0.25) is 9.59 Å². The highest BCUT2D eigenvalue weighted by Gasteiger charge is 2.33. The summed E-state index contributed by atoms with van der Waals surface area (Å²) in [5.74, 6) is 0.475. The van der Waals surface area contributed by atoms with Crippen molar-refractivity contribution < 1.29 is 9.59 Å². The van der Waals surface area contributed by atoms with E-state index in [1.54, 1.807) is 0 Å². The van der Waals surface area contributed by atoms with Gasteiger partial charge in [-0.1, -0.05) is 0 Å². The van der Waals surface area contributed by atoms with Crippen LogP contribution < -0.4 is 4.90 Å². The Kier molecular flexibility index (Phi) is 2.37. The van der Waals surface area contributed by atoms with Crippen molar-refractivity contribution in [3.05, 3.63) is 18.3 Å². The topological polar surface area (TPSA) is 42.3 Å². The third-order valence-corrected chi connectivity index (χ3v) is 2.73. The zero-order chi connectivity index (χ0) is 11.9. The van der Waals surface area contributed by atoms with Gasteiger partial charge in [0, 0.05) is 24.6 Å². The summed E-state index contributed by atoms with van der Waals surface area (Å²) in [6.07, 6.45) is 2.55. The smallest absolute Gasteiger partial charge is 0.235 e. The maximum Gasteiger partial charge on any atom is 0.235 e. The highest BCUT2D eigenvalue weighted by molar-refractivity contribution is 6.19. The number of nitrogens with zero attached hydrogens (tertiary/aromatic N) is 2. The third-order valence-electron chi connectivity index (χ3n) is 2.73. The van der Waals surface area contributed by atoms with Crippen molar-refractivity contribution >= 4 is 17.6 Å². The van der Waals surface area contributed by atoms with E-state index in [2.05, 4.69) is 0 Å². The summed E-state index contributed by atoms with van der Waals surface area (Å²) in [4.78, 5) is 24.6. The predicted octanol–water partition coefficient (Wildman–Crippen LogP) is 1.90. The first-order valence-electron chi connectivity index (χ1n) is 5.45. The van der Waals surface area contributed by atoms with Crippen LogP contribution >= 0.6 is 0 Å². The number of hydrogen-bond acceptors (Lipinski definition) is 2. The van der Waals surface area contributed by atoms with E-state index in [9.17, 15) is 9.59 Å². The average molecular weight is 220 g/mol. The Morgan fingerprint density at radius 1 is 1.12 bits per heavy atom. The normalized spacial score (nSPS) is 17.3. The van der Waals surface area contributed by atoms with E-state index < -0.39 is 0 Å². The monoisotopic (exact) mass is 220 g/mol. The van der Waals surface area contributed by atoms with Gasteiger partial charge in [-0.05, 0) is 32.9 Å². The van der Waals surface area contributed by atoms with Crippen molar-refractivity contribution in [3.63, 3.8) is 0 Å². The summed E-state index contributed by atoms with van der Waals surface area (Å²) in [6, 6.07) is 3.67. The Bertz CT molecular complexity index is 424. The molecule has 1 fully saturated rings. The number of carbonyl (C=O) groups excluding carboxylic acids is 2. The minimum absolute atomic E-state index is 0.103. The summed E-state index contributed by atoms with van der Waals surface area (Å²) < 4.78 is 1.95. The highest BCUT2D eigenvalue weighted by Crippen LogP contribution is 2.28. The van der Waals surface area contributed by atoms with E-state index in [-0.39, 0.29) is 17.4 Å². The molecule has 1 aliphatic heterocycles. The molecule has 0 unspecified atom stereocenters. The molecular weight excluding hydrogens is 204 g/mol. The molecule has 0 atom stereocenters. The number of anilines is 1. The molecular formula is C12H16N2O2. The first kappa shape index (κ1) is 10.9. The van der Waals surface area contributed by atoms with Crippen LogP contribution in [-0.4, -0.2) is 16.4 Å². The number of amides is 2. The van der Waals surface area contributed by atoms with Crippen LogP contribution in [0.5, 0.6) is 0 Å². The maximum atomic E-state index is 11.7. The molecule has 1 saturated heterocycles. The van der Waals surface area contributed by atoms with Crippen LogP contribution in [0.2, 0.25) is 0 Å². The zero-order valence-electron chi connectivity index (χ0n) is 9.86. The lowest BCUT2D eigenvalue weighted by molar-refractivity contribution is -0.121. The molecule has 4 heteroatoms. The van der Waals surface area contributed by atoms with Gasteiger partial charge in [-0.25, -0.2) is 4.90 Å². The van der Waals surface area contributed by atoms with E-state index in [0.29, 0.717) is 18.7 Å². The second-order valence-electron chi connectivity index (χ2n) is 5.03. The molecule has 2 rings (SSSR count). The molecule has 0 aromatic carbocycles. The molecule has 0 bridgehead atoms. The van der Waals surface area contributed by atoms with Crippen LogP contribution in [0.1, 0.15) is 33.6 Å². The summed E-state index contributed by atoms with van der Waals surface area (Å²) in [5.41, 5.74) is -0.137. The summed E-state index contributed by atoms with van der Waals surface area (Å²) in [5, 5.41) is 0. The molecule has 0 N–H and O–H groups in total. The molecule has 1 aromatic heterocycles. The van der Waals surface area contributed by atoms with Crippen LogP contribution in [0.15, 0.2) is 18.3 Å². The summed E-state index contributed by atoms with van der Waals surface area (Å²) in [7, 11) is 0. The van der Waals surface area contributed by atoms with Gasteiger partial charge in [0.05, 0.1) is 0 Å². The lowest BCUT2D eigenvalue weighted by Crippen LogP contribution is -2.34. The first-order valence-corrected chi connectivity index (χ1v) is 5.45. The fourth-order valence-corrected chi connectivity index (χ4v) is 1.95. The van der Waals surface area contributed by atoms with Gasteiger partial charge in [0.15, 0.2) is 0 Å². The number of aromatic nitrogens is 1. The Morgan fingerprint density at radius 2 is 1.69 bits per heavy atom. The van der Waals surface area contributed by atoms with Crippen LogP contribution in [0.25, 0.3) is 0 Å². The molecule has 1 aromatic rings. The minimum Gasteiger partial charge on any atom is -0.329 e. The van der Waals surface area contributed by atoms with Gasteiger partial charge in [0.1, 0.15) is 5.82 Å². The summed E-state index contributed by atoms with van der Waals surface area (Å²) in [6.45, 7) is 6.13. The minimum atomic E-state index is -0.137. The number of carbonyl (C=O) groups is 2. The van der Waals surface area contributed by atoms with Gasteiger partial charge in [0.25, 0.3) is 0 Å². The van der Waals surface area contributed by atoms with E-state index in [1.807, 2.05) is 43.7 Å². The van der Waals surface area contributed by atoms with Crippen molar-refractivity contribution in [2.24, 2.45) is 0 Å². The largest absolute Gasteiger partial charge is 0.329 e. The zero-order valence-corrected chi connectivity index (χ0v) is 9.86. The van der Waals surface area contributed by atoms with Gasteiger partial charge in [-0.2, -0.15) is 0 Å². The number of rotatable bonds is 1. The van der Waals surface area contributed by atoms with Gasteiger partial charge in [0.2, 0.25) is 11.8 Å². The molecule has 86 valence electrons.